The maximum atomic E-state index is 12.3. The summed E-state index contributed by atoms with van der Waals surface area (Å²) in [6.07, 6.45) is 0. The van der Waals surface area contributed by atoms with Gasteiger partial charge in [-0.3, -0.25) is 19.7 Å². The Labute approximate surface area is 164 Å². The fourth-order valence-corrected chi connectivity index (χ4v) is 2.54. The van der Waals surface area contributed by atoms with Crippen molar-refractivity contribution in [3.8, 4) is 0 Å². The number of methoxy groups -OCH3 is 1. The van der Waals surface area contributed by atoms with Gasteiger partial charge >= 0.3 is 5.97 Å². The molecule has 2 rings (SSSR count). The van der Waals surface area contributed by atoms with E-state index in [0.717, 1.165) is 30.9 Å². The van der Waals surface area contributed by atoms with Gasteiger partial charge in [-0.2, -0.15) is 0 Å². The zero-order valence-electron chi connectivity index (χ0n) is 14.9. The highest BCUT2D eigenvalue weighted by molar-refractivity contribution is 6.33. The molecule has 2 aromatic carbocycles. The summed E-state index contributed by atoms with van der Waals surface area (Å²) >= 11 is 6.03. The van der Waals surface area contributed by atoms with E-state index in [1.54, 1.807) is 18.2 Å². The van der Waals surface area contributed by atoms with Crippen LogP contribution in [0.3, 0.4) is 0 Å². The molecule has 0 spiro atoms. The van der Waals surface area contributed by atoms with Crippen molar-refractivity contribution in [3.05, 3.63) is 68.2 Å². The standard InChI is InChI=1S/C18H16ClN3O6/c1-10-3-4-15(14(19)5-10)21-16(23)9-20-17(24)11-6-12(18(25)28-2)8-13(7-11)22(26)27/h3-8H,9H2,1-2H3,(H,20,24)(H,21,23). The van der Waals surface area contributed by atoms with Crippen LogP contribution in [0.5, 0.6) is 0 Å². The van der Waals surface area contributed by atoms with Crippen LogP contribution in [0.25, 0.3) is 0 Å². The number of nitro benzene ring substituents is 1. The van der Waals surface area contributed by atoms with Gasteiger partial charge in [-0.25, -0.2) is 4.79 Å². The molecule has 0 fully saturated rings. The molecule has 9 nitrogen and oxygen atoms in total. The summed E-state index contributed by atoms with van der Waals surface area (Å²) in [5.41, 5.74) is 0.538. The lowest BCUT2D eigenvalue weighted by Gasteiger charge is -2.09. The van der Waals surface area contributed by atoms with Crippen LogP contribution in [-0.4, -0.2) is 36.4 Å². The van der Waals surface area contributed by atoms with Gasteiger partial charge in [-0.15, -0.1) is 0 Å². The lowest BCUT2D eigenvalue weighted by Crippen LogP contribution is -2.33. The molecule has 2 amide bonds. The molecule has 0 atom stereocenters. The number of nitrogens with one attached hydrogen (secondary N) is 2. The maximum absolute atomic E-state index is 12.3. The molecule has 0 unspecified atom stereocenters. The molecule has 28 heavy (non-hydrogen) atoms. The van der Waals surface area contributed by atoms with E-state index >= 15 is 0 Å². The summed E-state index contributed by atoms with van der Waals surface area (Å²) in [5.74, 6) is -2.14. The van der Waals surface area contributed by atoms with Crippen molar-refractivity contribution in [2.24, 2.45) is 0 Å². The predicted molar refractivity (Wildman–Crippen MR) is 102 cm³/mol. The number of hydrogen-bond acceptors (Lipinski definition) is 6. The van der Waals surface area contributed by atoms with Gasteiger partial charge in [0, 0.05) is 17.7 Å². The minimum absolute atomic E-state index is 0.155. The summed E-state index contributed by atoms with van der Waals surface area (Å²) in [5, 5.41) is 16.2. The number of rotatable bonds is 6. The van der Waals surface area contributed by atoms with E-state index in [1.165, 1.54) is 0 Å². The molecule has 0 heterocycles. The normalized spacial score (nSPS) is 10.1. The maximum Gasteiger partial charge on any atom is 0.338 e. The monoisotopic (exact) mass is 405 g/mol. The smallest absolute Gasteiger partial charge is 0.338 e. The second kappa shape index (κ2) is 8.96. The number of non-ortho nitro benzene ring substituents is 1. The summed E-state index contributed by atoms with van der Waals surface area (Å²) in [4.78, 5) is 46.2. The van der Waals surface area contributed by atoms with E-state index < -0.39 is 34.9 Å². The van der Waals surface area contributed by atoms with Crippen LogP contribution in [0.15, 0.2) is 36.4 Å². The topological polar surface area (TPSA) is 128 Å². The minimum atomic E-state index is -0.829. The fraction of sp³-hybridized carbons (Fsp3) is 0.167. The zero-order valence-corrected chi connectivity index (χ0v) is 15.7. The number of carbonyl (C=O) groups excluding carboxylic acids is 3. The summed E-state index contributed by atoms with van der Waals surface area (Å²) in [7, 11) is 1.11. The third-order valence-corrected chi connectivity index (χ3v) is 3.93. The molecule has 0 radical (unpaired) electrons. The van der Waals surface area contributed by atoms with Crippen molar-refractivity contribution in [3.63, 3.8) is 0 Å². The number of amides is 2. The van der Waals surface area contributed by atoms with Crippen molar-refractivity contribution in [1.29, 1.82) is 0 Å². The van der Waals surface area contributed by atoms with Crippen LogP contribution in [0.2, 0.25) is 5.02 Å². The largest absolute Gasteiger partial charge is 0.465 e. The number of nitrogens with zero attached hydrogens (tertiary/aromatic N) is 1. The van der Waals surface area contributed by atoms with Crippen LogP contribution < -0.4 is 10.6 Å². The van der Waals surface area contributed by atoms with Crippen LogP contribution in [0, 0.1) is 17.0 Å². The number of ether oxygens (including phenoxy) is 1. The molecular weight excluding hydrogens is 390 g/mol. The summed E-state index contributed by atoms with van der Waals surface area (Å²) in [6.45, 7) is 1.44. The number of carbonyl (C=O) groups is 3. The van der Waals surface area contributed by atoms with Gasteiger partial charge in [0.2, 0.25) is 5.91 Å². The Hall–Kier alpha value is -3.46. The molecule has 0 saturated heterocycles. The Morgan fingerprint density at radius 2 is 1.82 bits per heavy atom. The van der Waals surface area contributed by atoms with E-state index in [2.05, 4.69) is 15.4 Å². The Kier molecular flexibility index (Phi) is 6.67. The van der Waals surface area contributed by atoms with Gasteiger partial charge in [0.1, 0.15) is 0 Å². The van der Waals surface area contributed by atoms with E-state index in [1.807, 2.05) is 6.92 Å². The van der Waals surface area contributed by atoms with Crippen LogP contribution in [0.4, 0.5) is 11.4 Å². The van der Waals surface area contributed by atoms with E-state index in [9.17, 15) is 24.5 Å². The minimum Gasteiger partial charge on any atom is -0.465 e. The van der Waals surface area contributed by atoms with Crippen molar-refractivity contribution < 1.29 is 24.0 Å². The molecule has 146 valence electrons. The quantitative estimate of drug-likeness (QED) is 0.432. The zero-order chi connectivity index (χ0) is 20.8. The Bertz CT molecular complexity index is 960. The lowest BCUT2D eigenvalue weighted by molar-refractivity contribution is -0.384. The highest BCUT2D eigenvalue weighted by Crippen LogP contribution is 2.22. The van der Waals surface area contributed by atoms with Gasteiger partial charge < -0.3 is 15.4 Å². The van der Waals surface area contributed by atoms with Gasteiger partial charge in [0.15, 0.2) is 0 Å². The van der Waals surface area contributed by atoms with E-state index in [-0.39, 0.29) is 11.1 Å². The highest BCUT2D eigenvalue weighted by atomic mass is 35.5. The van der Waals surface area contributed by atoms with Gasteiger partial charge in [0.25, 0.3) is 11.6 Å². The van der Waals surface area contributed by atoms with Crippen LogP contribution in [0.1, 0.15) is 26.3 Å². The Balaban J connectivity index is 2.09. The molecule has 2 N–H and O–H groups in total. The van der Waals surface area contributed by atoms with E-state index in [0.29, 0.717) is 10.7 Å². The molecule has 0 aliphatic carbocycles. The average Bonchev–Trinajstić information content (AvgIpc) is 2.67. The molecule has 0 aliphatic rings. The Morgan fingerprint density at radius 3 is 2.43 bits per heavy atom. The molecular formula is C18H16ClN3O6. The first kappa shape index (κ1) is 20.8. The van der Waals surface area contributed by atoms with Crippen molar-refractivity contribution in [1.82, 2.24) is 5.32 Å². The number of hydrogen-bond donors (Lipinski definition) is 2. The summed E-state index contributed by atoms with van der Waals surface area (Å²) < 4.78 is 4.52. The molecule has 0 bridgehead atoms. The number of nitro groups is 1. The fourth-order valence-electron chi connectivity index (χ4n) is 2.26. The molecule has 10 heteroatoms. The third-order valence-electron chi connectivity index (χ3n) is 3.62. The lowest BCUT2D eigenvalue weighted by atomic mass is 10.1. The second-order valence-electron chi connectivity index (χ2n) is 5.73. The molecule has 0 aliphatic heterocycles. The average molecular weight is 406 g/mol. The van der Waals surface area contributed by atoms with Crippen molar-refractivity contribution in [2.45, 2.75) is 6.92 Å². The first-order valence-electron chi connectivity index (χ1n) is 7.93. The molecule has 2 aromatic rings. The SMILES string of the molecule is COC(=O)c1cc(C(=O)NCC(=O)Nc2ccc(C)cc2Cl)cc([N+](=O)[O-])c1. The van der Waals surface area contributed by atoms with Crippen LogP contribution >= 0.6 is 11.6 Å². The van der Waals surface area contributed by atoms with Gasteiger partial charge in [-0.1, -0.05) is 17.7 Å². The van der Waals surface area contributed by atoms with E-state index in [4.69, 9.17) is 11.6 Å². The van der Waals surface area contributed by atoms with Crippen LogP contribution in [-0.2, 0) is 9.53 Å². The third kappa shape index (κ3) is 5.27. The number of aryl methyl sites for hydroxylation is 1. The molecule has 0 aromatic heterocycles. The summed E-state index contributed by atoms with van der Waals surface area (Å²) in [6, 6.07) is 8.19. The second-order valence-corrected chi connectivity index (χ2v) is 6.14. The highest BCUT2D eigenvalue weighted by Gasteiger charge is 2.19. The predicted octanol–water partition coefficient (Wildman–Crippen LogP) is 2.71. The molecule has 0 saturated carbocycles. The first-order valence-corrected chi connectivity index (χ1v) is 8.31. The van der Waals surface area contributed by atoms with Gasteiger partial charge in [0.05, 0.1) is 34.9 Å². The number of esters is 1. The Morgan fingerprint density at radius 1 is 1.14 bits per heavy atom. The number of benzene rings is 2. The first-order chi connectivity index (χ1) is 13.2. The number of halogens is 1. The van der Waals surface area contributed by atoms with Crippen molar-refractivity contribution in [2.75, 3.05) is 19.0 Å². The van der Waals surface area contributed by atoms with Gasteiger partial charge in [-0.05, 0) is 30.7 Å². The van der Waals surface area contributed by atoms with Crippen molar-refractivity contribution >= 4 is 40.8 Å². The number of anilines is 1.